The van der Waals surface area contributed by atoms with Gasteiger partial charge in [0.15, 0.2) is 5.75 Å². The maximum atomic E-state index is 11.6. The third kappa shape index (κ3) is 3.15. The van der Waals surface area contributed by atoms with Crippen LogP contribution in [0.5, 0.6) is 5.75 Å². The minimum Gasteiger partial charge on any atom is -0.502 e. The third-order valence-corrected chi connectivity index (χ3v) is 5.23. The molecule has 4 heteroatoms. The van der Waals surface area contributed by atoms with Crippen LogP contribution in [0.4, 0.5) is 5.69 Å². The fourth-order valence-electron chi connectivity index (χ4n) is 3.97. The fraction of sp³-hybridized carbons (Fsp3) is 0.0400. The molecule has 4 aromatic rings. The van der Waals surface area contributed by atoms with Gasteiger partial charge in [-0.2, -0.15) is 0 Å². The summed E-state index contributed by atoms with van der Waals surface area (Å²) < 4.78 is 0. The molecule has 0 amide bonds. The SMILES string of the molecule is O=[N+]([O-])c1cc(C(c2ccccc2)(c2ccccc2)c2ccccc2)ccc1O. The molecule has 0 radical (unpaired) electrons. The number of nitro groups is 1. The van der Waals surface area contributed by atoms with Crippen molar-refractivity contribution in [3.63, 3.8) is 0 Å². The molecule has 29 heavy (non-hydrogen) atoms. The molecule has 0 aliphatic carbocycles. The van der Waals surface area contributed by atoms with E-state index in [9.17, 15) is 15.2 Å². The third-order valence-electron chi connectivity index (χ3n) is 5.23. The number of benzene rings is 4. The van der Waals surface area contributed by atoms with Gasteiger partial charge in [-0.05, 0) is 28.3 Å². The number of phenols is 1. The highest BCUT2D eigenvalue weighted by Gasteiger charge is 2.39. The summed E-state index contributed by atoms with van der Waals surface area (Å²) in [6, 6.07) is 34.4. The second-order valence-corrected chi connectivity index (χ2v) is 6.81. The first-order valence-corrected chi connectivity index (χ1v) is 9.28. The molecule has 4 aromatic carbocycles. The zero-order valence-corrected chi connectivity index (χ0v) is 15.6. The Morgan fingerprint density at radius 2 is 1.03 bits per heavy atom. The molecule has 0 spiro atoms. The normalized spacial score (nSPS) is 11.2. The predicted molar refractivity (Wildman–Crippen MR) is 113 cm³/mol. The van der Waals surface area contributed by atoms with Gasteiger partial charge < -0.3 is 5.11 Å². The van der Waals surface area contributed by atoms with Gasteiger partial charge in [-0.3, -0.25) is 10.1 Å². The van der Waals surface area contributed by atoms with E-state index in [1.54, 1.807) is 6.07 Å². The monoisotopic (exact) mass is 381 g/mol. The van der Waals surface area contributed by atoms with E-state index >= 15 is 0 Å². The van der Waals surface area contributed by atoms with Crippen molar-refractivity contribution >= 4 is 5.69 Å². The molecule has 0 fully saturated rings. The molecule has 4 nitrogen and oxygen atoms in total. The van der Waals surface area contributed by atoms with Crippen LogP contribution in [0, 0.1) is 10.1 Å². The van der Waals surface area contributed by atoms with Crippen molar-refractivity contribution in [1.82, 2.24) is 0 Å². The summed E-state index contributed by atoms with van der Waals surface area (Å²) in [5, 5.41) is 21.6. The highest BCUT2D eigenvalue weighted by molar-refractivity contribution is 5.62. The summed E-state index contributed by atoms with van der Waals surface area (Å²) in [6.07, 6.45) is 0. The number of hydrogen-bond donors (Lipinski definition) is 1. The van der Waals surface area contributed by atoms with Gasteiger partial charge in [-0.1, -0.05) is 97.1 Å². The van der Waals surface area contributed by atoms with E-state index < -0.39 is 10.3 Å². The Morgan fingerprint density at radius 3 is 1.41 bits per heavy atom. The smallest absolute Gasteiger partial charge is 0.311 e. The second-order valence-electron chi connectivity index (χ2n) is 6.81. The summed E-state index contributed by atoms with van der Waals surface area (Å²) in [7, 11) is 0. The molecule has 0 unspecified atom stereocenters. The number of nitrogens with zero attached hydrogens (tertiary/aromatic N) is 1. The molecule has 0 aliphatic heterocycles. The van der Waals surface area contributed by atoms with Crippen LogP contribution in [0.3, 0.4) is 0 Å². The van der Waals surface area contributed by atoms with Crippen LogP contribution < -0.4 is 0 Å². The lowest BCUT2D eigenvalue weighted by molar-refractivity contribution is -0.385. The molecule has 0 bridgehead atoms. The Bertz CT molecular complexity index is 1030. The average molecular weight is 381 g/mol. The largest absolute Gasteiger partial charge is 0.502 e. The molecule has 4 rings (SSSR count). The van der Waals surface area contributed by atoms with Gasteiger partial charge in [-0.25, -0.2) is 0 Å². The summed E-state index contributed by atoms with van der Waals surface area (Å²) >= 11 is 0. The summed E-state index contributed by atoms with van der Waals surface area (Å²) in [4.78, 5) is 11.0. The number of phenolic OH excluding ortho intramolecular Hbond substituents is 1. The molecule has 0 aromatic heterocycles. The van der Waals surface area contributed by atoms with Crippen LogP contribution in [0.2, 0.25) is 0 Å². The second kappa shape index (κ2) is 7.60. The van der Waals surface area contributed by atoms with E-state index in [0.717, 1.165) is 16.7 Å². The van der Waals surface area contributed by atoms with Crippen molar-refractivity contribution in [2.75, 3.05) is 0 Å². The topological polar surface area (TPSA) is 63.4 Å². The van der Waals surface area contributed by atoms with E-state index in [4.69, 9.17) is 0 Å². The van der Waals surface area contributed by atoms with Crippen LogP contribution >= 0.6 is 0 Å². The zero-order valence-electron chi connectivity index (χ0n) is 15.6. The Hall–Kier alpha value is -3.92. The van der Waals surface area contributed by atoms with Gasteiger partial charge in [0, 0.05) is 6.07 Å². The maximum Gasteiger partial charge on any atom is 0.311 e. The maximum absolute atomic E-state index is 11.6. The Labute approximate surface area is 168 Å². The van der Waals surface area contributed by atoms with Gasteiger partial charge in [0.25, 0.3) is 0 Å². The Balaban J connectivity index is 2.15. The van der Waals surface area contributed by atoms with Crippen molar-refractivity contribution in [2.24, 2.45) is 0 Å². The molecular weight excluding hydrogens is 362 g/mol. The first kappa shape index (κ1) is 18.4. The number of aromatic hydroxyl groups is 1. The van der Waals surface area contributed by atoms with Gasteiger partial charge in [0.2, 0.25) is 0 Å². The van der Waals surface area contributed by atoms with E-state index in [1.165, 1.54) is 12.1 Å². The van der Waals surface area contributed by atoms with Crippen molar-refractivity contribution in [3.8, 4) is 5.75 Å². The summed E-state index contributed by atoms with van der Waals surface area (Å²) in [5.74, 6) is -0.346. The fourth-order valence-corrected chi connectivity index (χ4v) is 3.97. The van der Waals surface area contributed by atoms with Crippen LogP contribution in [-0.2, 0) is 5.41 Å². The predicted octanol–water partition coefficient (Wildman–Crippen LogP) is 5.68. The van der Waals surface area contributed by atoms with Crippen molar-refractivity contribution in [1.29, 1.82) is 0 Å². The van der Waals surface area contributed by atoms with E-state index in [0.29, 0.717) is 5.56 Å². The van der Waals surface area contributed by atoms with Crippen molar-refractivity contribution in [3.05, 3.63) is 142 Å². The number of nitro benzene ring substituents is 1. The molecular formula is C25H19NO3. The summed E-state index contributed by atoms with van der Waals surface area (Å²) in [6.45, 7) is 0. The Morgan fingerprint density at radius 1 is 0.621 bits per heavy atom. The standard InChI is InChI=1S/C25H19NO3/c27-24-17-16-22(18-23(24)26(28)29)25(19-10-4-1-5-11-19,20-12-6-2-7-13-20)21-14-8-3-9-15-21/h1-18,27H. The molecule has 0 saturated heterocycles. The van der Waals surface area contributed by atoms with E-state index in [1.807, 2.05) is 91.0 Å². The lowest BCUT2D eigenvalue weighted by atomic mass is 9.65. The number of hydrogen-bond acceptors (Lipinski definition) is 3. The highest BCUT2D eigenvalue weighted by Crippen LogP contribution is 2.46. The lowest BCUT2D eigenvalue weighted by Gasteiger charge is -2.36. The zero-order chi connectivity index (χ0) is 20.3. The highest BCUT2D eigenvalue weighted by atomic mass is 16.6. The minimum absolute atomic E-state index is 0.310. The average Bonchev–Trinajstić information content (AvgIpc) is 2.77. The number of rotatable bonds is 5. The Kier molecular flexibility index (Phi) is 4.83. The van der Waals surface area contributed by atoms with Crippen LogP contribution in [0.25, 0.3) is 0 Å². The minimum atomic E-state index is -0.776. The molecule has 0 aliphatic rings. The quantitative estimate of drug-likeness (QED) is 0.275. The van der Waals surface area contributed by atoms with E-state index in [-0.39, 0.29) is 11.4 Å². The molecule has 142 valence electrons. The van der Waals surface area contributed by atoms with Crippen LogP contribution in [0.1, 0.15) is 22.3 Å². The first-order chi connectivity index (χ1) is 14.1. The van der Waals surface area contributed by atoms with Gasteiger partial charge >= 0.3 is 5.69 Å². The molecule has 0 saturated carbocycles. The lowest BCUT2D eigenvalue weighted by Crippen LogP contribution is -2.31. The molecule has 0 atom stereocenters. The van der Waals surface area contributed by atoms with Crippen molar-refractivity contribution < 1.29 is 10.0 Å². The summed E-state index contributed by atoms with van der Waals surface area (Å²) in [5.41, 5.74) is 2.58. The van der Waals surface area contributed by atoms with Crippen LogP contribution in [-0.4, -0.2) is 10.0 Å². The molecule has 0 heterocycles. The van der Waals surface area contributed by atoms with Gasteiger partial charge in [-0.15, -0.1) is 0 Å². The molecule has 1 N–H and O–H groups in total. The van der Waals surface area contributed by atoms with E-state index in [2.05, 4.69) is 0 Å². The van der Waals surface area contributed by atoms with Gasteiger partial charge in [0.05, 0.1) is 10.3 Å². The first-order valence-electron chi connectivity index (χ1n) is 9.28. The van der Waals surface area contributed by atoms with Crippen molar-refractivity contribution in [2.45, 2.75) is 5.41 Å². The van der Waals surface area contributed by atoms with Crippen LogP contribution in [0.15, 0.2) is 109 Å². The van der Waals surface area contributed by atoms with Gasteiger partial charge in [0.1, 0.15) is 0 Å².